The fraction of sp³-hybridized carbons (Fsp3) is 0.125. The summed E-state index contributed by atoms with van der Waals surface area (Å²) in [6, 6.07) is 10.7. The fourth-order valence-electron chi connectivity index (χ4n) is 3.56. The minimum atomic E-state index is -4.81. The summed E-state index contributed by atoms with van der Waals surface area (Å²) in [6.07, 6.45) is -0.361. The number of nitrogens with one attached hydrogen (secondary N) is 1. The number of carbonyl (C=O) groups is 1. The Morgan fingerprint density at radius 2 is 1.88 bits per heavy atom. The molecule has 0 bridgehead atoms. The molecule has 33 heavy (non-hydrogen) atoms. The maximum absolute atomic E-state index is 13.8. The molecule has 0 unspecified atom stereocenters. The Balaban J connectivity index is 1.61. The van der Waals surface area contributed by atoms with E-state index in [-0.39, 0.29) is 17.5 Å². The van der Waals surface area contributed by atoms with Crippen LogP contribution in [0, 0.1) is 12.7 Å². The van der Waals surface area contributed by atoms with Crippen molar-refractivity contribution in [2.45, 2.75) is 19.5 Å². The van der Waals surface area contributed by atoms with Gasteiger partial charge in [-0.15, -0.1) is 0 Å². The summed E-state index contributed by atoms with van der Waals surface area (Å²) in [5.74, 6) is -2.00. The number of benzene rings is 2. The van der Waals surface area contributed by atoms with E-state index >= 15 is 0 Å². The predicted molar refractivity (Wildman–Crippen MR) is 116 cm³/mol. The second kappa shape index (κ2) is 8.50. The molecule has 0 saturated heterocycles. The fourth-order valence-corrected chi connectivity index (χ4v) is 3.56. The molecule has 4 aromatic rings. The molecule has 0 atom stereocenters. The van der Waals surface area contributed by atoms with Crippen molar-refractivity contribution in [1.82, 2.24) is 9.55 Å². The third-order valence-corrected chi connectivity index (χ3v) is 5.19. The number of hydrogen-bond acceptors (Lipinski definition) is 3. The van der Waals surface area contributed by atoms with Gasteiger partial charge in [0.25, 0.3) is 5.56 Å². The van der Waals surface area contributed by atoms with Crippen LogP contribution in [0.5, 0.6) is 0 Å². The predicted octanol–water partition coefficient (Wildman–Crippen LogP) is 5.03. The first-order chi connectivity index (χ1) is 15.6. The number of carbonyl (C=O) groups excluding carboxylic acids is 1. The molecular weight excluding hydrogens is 438 g/mol. The van der Waals surface area contributed by atoms with Gasteiger partial charge < -0.3 is 5.32 Å². The lowest BCUT2D eigenvalue weighted by Crippen LogP contribution is -2.20. The highest BCUT2D eigenvalue weighted by Gasteiger charge is 2.33. The second-order valence-corrected chi connectivity index (χ2v) is 7.46. The first-order valence-corrected chi connectivity index (χ1v) is 9.86. The van der Waals surface area contributed by atoms with Crippen LogP contribution >= 0.6 is 0 Å². The lowest BCUT2D eigenvalue weighted by Gasteiger charge is -2.13. The van der Waals surface area contributed by atoms with Gasteiger partial charge in [-0.1, -0.05) is 12.1 Å². The van der Waals surface area contributed by atoms with Gasteiger partial charge in [-0.05, 0) is 54.4 Å². The van der Waals surface area contributed by atoms with Crippen LogP contribution in [0.25, 0.3) is 16.5 Å². The summed E-state index contributed by atoms with van der Waals surface area (Å²) in [7, 11) is 0. The number of fused-ring (bicyclic) bond motifs is 1. The number of halogens is 4. The smallest absolute Gasteiger partial charge is 0.325 e. The van der Waals surface area contributed by atoms with Gasteiger partial charge >= 0.3 is 6.18 Å². The number of rotatable bonds is 4. The van der Waals surface area contributed by atoms with Crippen LogP contribution in [0.1, 0.15) is 16.7 Å². The summed E-state index contributed by atoms with van der Waals surface area (Å²) < 4.78 is 53.4. The van der Waals surface area contributed by atoms with Gasteiger partial charge in [0.15, 0.2) is 0 Å². The van der Waals surface area contributed by atoms with Gasteiger partial charge in [-0.2, -0.15) is 13.2 Å². The number of hydrogen-bond donors (Lipinski definition) is 1. The molecule has 1 N–H and O–H groups in total. The molecule has 1 amide bonds. The van der Waals surface area contributed by atoms with Crippen LogP contribution in [0.15, 0.2) is 71.9 Å². The first-order valence-electron chi connectivity index (χ1n) is 9.86. The third-order valence-electron chi connectivity index (χ3n) is 5.19. The molecule has 5 nitrogen and oxygen atoms in total. The Morgan fingerprint density at radius 1 is 1.09 bits per heavy atom. The van der Waals surface area contributed by atoms with Gasteiger partial charge in [0, 0.05) is 28.9 Å². The zero-order chi connectivity index (χ0) is 23.8. The zero-order valence-corrected chi connectivity index (χ0v) is 17.3. The minimum absolute atomic E-state index is 0.0904. The summed E-state index contributed by atoms with van der Waals surface area (Å²) >= 11 is 0. The minimum Gasteiger partial charge on any atom is -0.325 e. The average molecular weight is 455 g/mol. The van der Waals surface area contributed by atoms with Crippen molar-refractivity contribution in [2.75, 3.05) is 5.32 Å². The molecule has 4 rings (SSSR count). The normalized spacial score (nSPS) is 11.5. The number of amides is 1. The van der Waals surface area contributed by atoms with E-state index in [0.29, 0.717) is 34.3 Å². The highest BCUT2D eigenvalue weighted by atomic mass is 19.4. The molecular formula is C24H17F4N3O2. The Labute approximate surface area is 185 Å². The maximum Gasteiger partial charge on any atom is 0.419 e. The van der Waals surface area contributed by atoms with E-state index in [1.807, 2.05) is 6.92 Å². The van der Waals surface area contributed by atoms with E-state index in [1.165, 1.54) is 4.57 Å². The van der Waals surface area contributed by atoms with Crippen LogP contribution in [-0.4, -0.2) is 15.5 Å². The van der Waals surface area contributed by atoms with Crippen molar-refractivity contribution >= 4 is 22.4 Å². The summed E-state index contributed by atoms with van der Waals surface area (Å²) in [5, 5.41) is 3.50. The number of pyridine rings is 2. The van der Waals surface area contributed by atoms with Gasteiger partial charge in [-0.3, -0.25) is 19.1 Å². The third kappa shape index (κ3) is 4.48. The van der Waals surface area contributed by atoms with Crippen LogP contribution in [0.3, 0.4) is 0 Å². The standard InChI is InChI=1S/C24H17F4N3O2/c1-14-7-9-29-13-21(14)31-10-8-16-17(23(31)33)3-2-4-20(16)30-22(32)12-15-5-6-18(19(25)11-15)24(26,27)28/h2-11,13H,12H2,1H3,(H,30,32). The van der Waals surface area contributed by atoms with Crippen LogP contribution in [0.4, 0.5) is 23.2 Å². The zero-order valence-electron chi connectivity index (χ0n) is 17.3. The molecule has 0 radical (unpaired) electrons. The van der Waals surface area contributed by atoms with Crippen molar-refractivity contribution in [1.29, 1.82) is 0 Å². The maximum atomic E-state index is 13.8. The quantitative estimate of drug-likeness (QED) is 0.439. The number of nitrogens with zero attached hydrogens (tertiary/aromatic N) is 2. The van der Waals surface area contributed by atoms with Crippen molar-refractivity contribution in [3.63, 3.8) is 0 Å². The van der Waals surface area contributed by atoms with Gasteiger partial charge in [0.1, 0.15) is 5.82 Å². The van der Waals surface area contributed by atoms with Gasteiger partial charge in [0.05, 0.1) is 23.9 Å². The van der Waals surface area contributed by atoms with Crippen LogP contribution in [-0.2, 0) is 17.4 Å². The number of alkyl halides is 3. The first kappa shape index (κ1) is 22.2. The Morgan fingerprint density at radius 3 is 2.58 bits per heavy atom. The van der Waals surface area contributed by atoms with E-state index < -0.39 is 23.5 Å². The topological polar surface area (TPSA) is 64.0 Å². The second-order valence-electron chi connectivity index (χ2n) is 7.46. The van der Waals surface area contributed by atoms with Crippen LogP contribution < -0.4 is 10.9 Å². The number of aromatic nitrogens is 2. The Kier molecular flexibility index (Phi) is 5.71. The molecule has 9 heteroatoms. The lowest BCUT2D eigenvalue weighted by atomic mass is 10.1. The Hall–Kier alpha value is -4.01. The van der Waals surface area contributed by atoms with E-state index in [0.717, 1.165) is 11.6 Å². The van der Waals surface area contributed by atoms with Gasteiger partial charge in [-0.25, -0.2) is 4.39 Å². The largest absolute Gasteiger partial charge is 0.419 e. The lowest BCUT2D eigenvalue weighted by molar-refractivity contribution is -0.140. The van der Waals surface area contributed by atoms with Crippen LogP contribution in [0.2, 0.25) is 0 Å². The van der Waals surface area contributed by atoms with E-state index in [4.69, 9.17) is 0 Å². The van der Waals surface area contributed by atoms with Crippen molar-refractivity contribution in [3.8, 4) is 5.69 Å². The molecule has 0 aliphatic heterocycles. The number of aryl methyl sites for hydroxylation is 1. The average Bonchev–Trinajstić information content (AvgIpc) is 2.74. The Bertz CT molecular complexity index is 1430. The molecule has 0 fully saturated rings. The van der Waals surface area contributed by atoms with Crippen molar-refractivity contribution in [2.24, 2.45) is 0 Å². The number of anilines is 1. The van der Waals surface area contributed by atoms with Gasteiger partial charge in [0.2, 0.25) is 5.91 Å². The molecule has 2 heterocycles. The molecule has 0 spiro atoms. The van der Waals surface area contributed by atoms with E-state index in [2.05, 4.69) is 10.3 Å². The van der Waals surface area contributed by atoms with Crippen molar-refractivity contribution < 1.29 is 22.4 Å². The molecule has 0 saturated carbocycles. The molecule has 168 valence electrons. The monoisotopic (exact) mass is 455 g/mol. The highest BCUT2D eigenvalue weighted by molar-refractivity contribution is 6.02. The molecule has 2 aromatic heterocycles. The highest BCUT2D eigenvalue weighted by Crippen LogP contribution is 2.31. The summed E-state index contributed by atoms with van der Waals surface area (Å²) in [6.45, 7) is 1.86. The SMILES string of the molecule is Cc1ccncc1-n1ccc2c(NC(=O)Cc3ccc(C(F)(F)F)c(F)c3)cccc2c1=O. The molecule has 2 aromatic carbocycles. The van der Waals surface area contributed by atoms with E-state index in [1.54, 1.807) is 48.9 Å². The molecule has 0 aliphatic rings. The molecule has 0 aliphatic carbocycles. The van der Waals surface area contributed by atoms with Crippen molar-refractivity contribution in [3.05, 3.63) is 100.0 Å². The summed E-state index contributed by atoms with van der Waals surface area (Å²) in [5.41, 5.74) is 0.248. The summed E-state index contributed by atoms with van der Waals surface area (Å²) in [4.78, 5) is 29.6. The van der Waals surface area contributed by atoms with E-state index in [9.17, 15) is 27.2 Å².